The molecule has 0 aliphatic heterocycles. The van der Waals surface area contributed by atoms with Gasteiger partial charge in [-0.25, -0.2) is 4.98 Å². The third-order valence-corrected chi connectivity index (χ3v) is 4.78. The average Bonchev–Trinajstić information content (AvgIpc) is 2.72. The molecule has 9 nitrogen and oxygen atoms in total. The molecular formula is C20H23N4O5+. The van der Waals surface area contributed by atoms with E-state index >= 15 is 0 Å². The van der Waals surface area contributed by atoms with Gasteiger partial charge in [0.25, 0.3) is 11.2 Å². The van der Waals surface area contributed by atoms with Crippen molar-refractivity contribution in [2.75, 3.05) is 20.8 Å². The number of nitro groups is 1. The number of methoxy groups -OCH3 is 2. The van der Waals surface area contributed by atoms with Gasteiger partial charge in [-0.1, -0.05) is 0 Å². The van der Waals surface area contributed by atoms with Crippen LogP contribution in [0.1, 0.15) is 18.3 Å². The third-order valence-electron chi connectivity index (χ3n) is 4.78. The monoisotopic (exact) mass is 399 g/mol. The summed E-state index contributed by atoms with van der Waals surface area (Å²) >= 11 is 0. The van der Waals surface area contributed by atoms with E-state index in [9.17, 15) is 14.9 Å². The van der Waals surface area contributed by atoms with Crippen molar-refractivity contribution in [3.63, 3.8) is 0 Å². The predicted octanol–water partition coefficient (Wildman–Crippen LogP) is 1.45. The van der Waals surface area contributed by atoms with Gasteiger partial charge in [0.2, 0.25) is 0 Å². The van der Waals surface area contributed by atoms with Gasteiger partial charge in [-0.3, -0.25) is 14.9 Å². The highest BCUT2D eigenvalue weighted by Gasteiger charge is 2.15. The lowest BCUT2D eigenvalue weighted by molar-refractivity contribution is -0.926. The van der Waals surface area contributed by atoms with Crippen LogP contribution >= 0.6 is 0 Å². The number of quaternary nitrogens is 1. The van der Waals surface area contributed by atoms with Crippen molar-refractivity contribution < 1.29 is 19.3 Å². The molecule has 1 unspecified atom stereocenters. The molecule has 3 aromatic rings. The fourth-order valence-corrected chi connectivity index (χ4v) is 3.17. The summed E-state index contributed by atoms with van der Waals surface area (Å²) in [6, 6.07) is 9.81. The van der Waals surface area contributed by atoms with Gasteiger partial charge in [-0.2, -0.15) is 0 Å². The van der Waals surface area contributed by atoms with Crippen LogP contribution in [0, 0.1) is 10.1 Å². The van der Waals surface area contributed by atoms with Crippen molar-refractivity contribution >= 4 is 16.6 Å². The number of hydrogen-bond donors (Lipinski definition) is 2. The fraction of sp³-hybridized carbons (Fsp3) is 0.300. The number of fused-ring (bicyclic) bond motifs is 1. The van der Waals surface area contributed by atoms with Gasteiger partial charge in [0.1, 0.15) is 13.1 Å². The number of rotatable bonds is 8. The Balaban J connectivity index is 1.85. The first-order chi connectivity index (χ1) is 13.9. The summed E-state index contributed by atoms with van der Waals surface area (Å²) in [5, 5.41) is 11.2. The minimum atomic E-state index is -0.415. The highest BCUT2D eigenvalue weighted by atomic mass is 16.6. The van der Waals surface area contributed by atoms with Gasteiger partial charge in [0.05, 0.1) is 36.6 Å². The van der Waals surface area contributed by atoms with Gasteiger partial charge in [0, 0.05) is 23.8 Å². The number of non-ortho nitro benzene ring substituents is 1. The minimum absolute atomic E-state index is 0.0664. The number of ether oxygens (including phenoxy) is 2. The van der Waals surface area contributed by atoms with E-state index in [4.69, 9.17) is 9.47 Å². The van der Waals surface area contributed by atoms with E-state index in [-0.39, 0.29) is 11.2 Å². The van der Waals surface area contributed by atoms with Crippen molar-refractivity contribution in [1.29, 1.82) is 0 Å². The van der Waals surface area contributed by atoms with Crippen LogP contribution in [0.3, 0.4) is 0 Å². The Morgan fingerprint density at radius 2 is 1.76 bits per heavy atom. The molecule has 152 valence electrons. The van der Waals surface area contributed by atoms with Gasteiger partial charge in [-0.05, 0) is 25.1 Å². The molecule has 29 heavy (non-hydrogen) atoms. The Labute approximate surface area is 167 Å². The Morgan fingerprint density at radius 1 is 1.10 bits per heavy atom. The molecule has 9 heteroatoms. The maximum absolute atomic E-state index is 12.5. The number of aromatic nitrogens is 2. The number of nitro benzene ring substituents is 1. The van der Waals surface area contributed by atoms with Crippen molar-refractivity contribution in [2.45, 2.75) is 20.0 Å². The summed E-state index contributed by atoms with van der Waals surface area (Å²) < 4.78 is 10.6. The molecule has 0 aliphatic rings. The first-order valence-electron chi connectivity index (χ1n) is 9.17. The molecule has 2 N–H and O–H groups in total. The molecule has 0 amide bonds. The maximum Gasteiger partial charge on any atom is 0.269 e. The first-order valence-corrected chi connectivity index (χ1v) is 9.17. The second-order valence-electron chi connectivity index (χ2n) is 6.62. The predicted molar refractivity (Wildman–Crippen MR) is 107 cm³/mol. The SMILES string of the molecule is CC[NH+](Cc1ccc([N+](=O)[O-])cc1)Cc1nc2cc(OC)c(OC)cc2c(=O)[nH]1. The van der Waals surface area contributed by atoms with Crippen LogP contribution in [0.5, 0.6) is 11.5 Å². The number of nitrogens with zero attached hydrogens (tertiary/aromatic N) is 2. The third kappa shape index (κ3) is 4.52. The molecular weight excluding hydrogens is 376 g/mol. The molecule has 0 radical (unpaired) electrons. The summed E-state index contributed by atoms with van der Waals surface area (Å²) in [7, 11) is 3.05. The van der Waals surface area contributed by atoms with E-state index in [1.807, 2.05) is 6.92 Å². The van der Waals surface area contributed by atoms with Crippen LogP contribution in [0.15, 0.2) is 41.2 Å². The molecule has 1 aromatic heterocycles. The van der Waals surface area contributed by atoms with Gasteiger partial charge in [-0.15, -0.1) is 0 Å². The van der Waals surface area contributed by atoms with Crippen molar-refractivity contribution in [3.8, 4) is 11.5 Å². The van der Waals surface area contributed by atoms with Crippen LogP contribution in [0.4, 0.5) is 5.69 Å². The lowest BCUT2D eigenvalue weighted by atomic mass is 10.2. The zero-order valence-corrected chi connectivity index (χ0v) is 16.5. The number of benzene rings is 2. The van der Waals surface area contributed by atoms with E-state index < -0.39 is 4.92 Å². The zero-order chi connectivity index (χ0) is 21.0. The Bertz CT molecular complexity index is 1080. The van der Waals surface area contributed by atoms with Crippen molar-refractivity contribution in [2.24, 2.45) is 0 Å². The maximum atomic E-state index is 12.5. The molecule has 1 atom stereocenters. The second-order valence-corrected chi connectivity index (χ2v) is 6.62. The molecule has 0 bridgehead atoms. The van der Waals surface area contributed by atoms with Crippen LogP contribution in [-0.2, 0) is 13.1 Å². The van der Waals surface area contributed by atoms with Crippen molar-refractivity contribution in [3.05, 3.63) is 68.3 Å². The summed E-state index contributed by atoms with van der Waals surface area (Å²) in [4.78, 5) is 31.5. The normalized spacial score (nSPS) is 12.0. The average molecular weight is 399 g/mol. The van der Waals surface area contributed by atoms with Gasteiger partial charge >= 0.3 is 0 Å². The first kappa shape index (κ1) is 20.3. The van der Waals surface area contributed by atoms with E-state index in [1.54, 1.807) is 24.3 Å². The molecule has 0 aliphatic carbocycles. The van der Waals surface area contributed by atoms with Gasteiger partial charge in [0.15, 0.2) is 17.3 Å². The number of H-pyrrole nitrogens is 1. The van der Waals surface area contributed by atoms with Crippen LogP contribution in [0.25, 0.3) is 10.9 Å². The van der Waals surface area contributed by atoms with E-state index in [1.165, 1.54) is 26.4 Å². The lowest BCUT2D eigenvalue weighted by Crippen LogP contribution is -3.09. The summed E-state index contributed by atoms with van der Waals surface area (Å²) in [5.74, 6) is 1.54. The number of nitrogens with one attached hydrogen (secondary N) is 2. The summed E-state index contributed by atoms with van der Waals surface area (Å²) in [6.07, 6.45) is 0. The largest absolute Gasteiger partial charge is 0.493 e. The molecule has 1 heterocycles. The van der Waals surface area contributed by atoms with Crippen LogP contribution in [0.2, 0.25) is 0 Å². The van der Waals surface area contributed by atoms with Crippen molar-refractivity contribution in [1.82, 2.24) is 9.97 Å². The smallest absolute Gasteiger partial charge is 0.269 e. The highest BCUT2D eigenvalue weighted by molar-refractivity contribution is 5.81. The van der Waals surface area contributed by atoms with E-state index in [2.05, 4.69) is 9.97 Å². The second kappa shape index (κ2) is 8.70. The molecule has 0 saturated carbocycles. The van der Waals surface area contributed by atoms with Crippen LogP contribution in [-0.4, -0.2) is 35.7 Å². The minimum Gasteiger partial charge on any atom is -0.493 e. The number of hydrogen-bond acceptors (Lipinski definition) is 6. The van der Waals surface area contributed by atoms with Crippen LogP contribution < -0.4 is 19.9 Å². The fourth-order valence-electron chi connectivity index (χ4n) is 3.17. The number of aromatic amines is 1. The molecule has 3 rings (SSSR count). The standard InChI is InChI=1S/C20H22N4O5/c1-4-23(11-13-5-7-14(8-6-13)24(26)27)12-19-21-16-10-18(29-3)17(28-2)9-15(16)20(25)22-19/h5-10H,4,11-12H2,1-3H3,(H,21,22,25)/p+1. The topological polar surface area (TPSA) is 112 Å². The van der Waals surface area contributed by atoms with Gasteiger partial charge < -0.3 is 19.4 Å². The van der Waals surface area contributed by atoms with E-state index in [0.29, 0.717) is 41.3 Å². The summed E-state index contributed by atoms with van der Waals surface area (Å²) in [5.41, 5.74) is 1.34. The lowest BCUT2D eigenvalue weighted by Gasteiger charge is -2.17. The molecule has 0 saturated heterocycles. The zero-order valence-electron chi connectivity index (χ0n) is 16.5. The molecule has 0 spiro atoms. The Kier molecular flexibility index (Phi) is 6.08. The Morgan fingerprint density at radius 3 is 2.34 bits per heavy atom. The highest BCUT2D eigenvalue weighted by Crippen LogP contribution is 2.29. The molecule has 2 aromatic carbocycles. The quantitative estimate of drug-likeness (QED) is 0.438. The van der Waals surface area contributed by atoms with E-state index in [0.717, 1.165) is 17.0 Å². The molecule has 0 fully saturated rings. The Hall–Kier alpha value is -3.46. The summed E-state index contributed by atoms with van der Waals surface area (Å²) in [6.45, 7) is 3.99.